The van der Waals surface area contributed by atoms with E-state index < -0.39 is 0 Å². The molecular weight excluding hydrogens is 192 g/mol. The van der Waals surface area contributed by atoms with Crippen molar-refractivity contribution in [3.63, 3.8) is 0 Å². The molecule has 2 atom stereocenters. The zero-order chi connectivity index (χ0) is 7.40. The summed E-state index contributed by atoms with van der Waals surface area (Å²) < 4.78 is 5.42. The minimum Gasteiger partial charge on any atom is -0.377 e. The molecule has 0 bridgehead atoms. The van der Waals surface area contributed by atoms with Crippen molar-refractivity contribution in [2.75, 3.05) is 11.9 Å². The third-order valence-corrected chi connectivity index (χ3v) is 2.76. The van der Waals surface area contributed by atoms with Crippen molar-refractivity contribution in [3.05, 3.63) is 0 Å². The van der Waals surface area contributed by atoms with Gasteiger partial charge in [-0.05, 0) is 19.3 Å². The molecule has 2 heteroatoms. The smallest absolute Gasteiger partial charge is 0.0625 e. The fourth-order valence-electron chi connectivity index (χ4n) is 1.35. The average molecular weight is 207 g/mol. The summed E-state index contributed by atoms with van der Waals surface area (Å²) in [4.78, 5) is 0. The van der Waals surface area contributed by atoms with Crippen LogP contribution in [0.25, 0.3) is 0 Å². The first-order valence-electron chi connectivity index (χ1n) is 4.06. The molecule has 0 amide bonds. The molecule has 0 aromatic carbocycles. The Hall–Kier alpha value is 0.440. The summed E-state index contributed by atoms with van der Waals surface area (Å²) in [5, 5.41) is 1.11. The van der Waals surface area contributed by atoms with E-state index in [2.05, 4.69) is 22.9 Å². The first kappa shape index (κ1) is 8.54. The topological polar surface area (TPSA) is 9.23 Å². The Morgan fingerprint density at radius 1 is 1.60 bits per heavy atom. The summed E-state index contributed by atoms with van der Waals surface area (Å²) in [5.41, 5.74) is 0. The zero-order valence-corrected chi connectivity index (χ0v) is 8.06. The van der Waals surface area contributed by atoms with E-state index in [1.807, 2.05) is 0 Å². The van der Waals surface area contributed by atoms with Gasteiger partial charge in [0.05, 0.1) is 12.7 Å². The molecule has 1 nitrogen and oxygen atoms in total. The van der Waals surface area contributed by atoms with Gasteiger partial charge in [0, 0.05) is 11.2 Å². The Morgan fingerprint density at radius 2 is 2.40 bits per heavy atom. The highest BCUT2D eigenvalue weighted by Crippen LogP contribution is 2.26. The molecule has 60 valence electrons. The maximum atomic E-state index is 5.42. The minimum atomic E-state index is 0.586. The maximum Gasteiger partial charge on any atom is 0.0625 e. The molecule has 1 heterocycles. The van der Waals surface area contributed by atoms with Crippen LogP contribution >= 0.6 is 15.9 Å². The lowest BCUT2D eigenvalue weighted by molar-refractivity contribution is -0.118. The van der Waals surface area contributed by atoms with Crippen LogP contribution < -0.4 is 0 Å². The van der Waals surface area contributed by atoms with Crippen LogP contribution in [0.3, 0.4) is 0 Å². The Morgan fingerprint density at radius 3 is 2.80 bits per heavy atom. The van der Waals surface area contributed by atoms with Gasteiger partial charge in [0.2, 0.25) is 0 Å². The molecule has 0 saturated carbocycles. The van der Waals surface area contributed by atoms with Crippen LogP contribution in [-0.4, -0.2) is 18.0 Å². The summed E-state index contributed by atoms with van der Waals surface area (Å²) in [6, 6.07) is 0. The summed E-state index contributed by atoms with van der Waals surface area (Å²) >= 11 is 3.42. The number of alkyl halides is 1. The van der Waals surface area contributed by atoms with Crippen LogP contribution in [0.2, 0.25) is 0 Å². The van der Waals surface area contributed by atoms with E-state index in [1.165, 1.54) is 19.3 Å². The Bertz CT molecular complexity index is 93.3. The van der Waals surface area contributed by atoms with Crippen LogP contribution in [0.1, 0.15) is 26.2 Å². The third-order valence-electron chi connectivity index (χ3n) is 2.20. The van der Waals surface area contributed by atoms with Crippen molar-refractivity contribution in [1.29, 1.82) is 0 Å². The first-order chi connectivity index (χ1) is 4.88. The van der Waals surface area contributed by atoms with Crippen LogP contribution in [0.4, 0.5) is 0 Å². The van der Waals surface area contributed by atoms with E-state index in [-0.39, 0.29) is 0 Å². The van der Waals surface area contributed by atoms with Gasteiger partial charge in [-0.2, -0.15) is 0 Å². The molecule has 10 heavy (non-hydrogen) atoms. The van der Waals surface area contributed by atoms with Crippen molar-refractivity contribution >= 4 is 15.9 Å². The highest BCUT2D eigenvalue weighted by molar-refractivity contribution is 9.09. The van der Waals surface area contributed by atoms with Gasteiger partial charge in [0.1, 0.15) is 0 Å². The van der Waals surface area contributed by atoms with E-state index in [1.54, 1.807) is 0 Å². The van der Waals surface area contributed by atoms with Crippen molar-refractivity contribution in [1.82, 2.24) is 0 Å². The largest absolute Gasteiger partial charge is 0.377 e. The number of hydrogen-bond donors (Lipinski definition) is 0. The van der Waals surface area contributed by atoms with Gasteiger partial charge in [0.15, 0.2) is 0 Å². The van der Waals surface area contributed by atoms with Crippen molar-refractivity contribution in [2.24, 2.45) is 5.92 Å². The normalized spacial score (nSPS) is 31.8. The van der Waals surface area contributed by atoms with Gasteiger partial charge in [-0.3, -0.25) is 0 Å². The summed E-state index contributed by atoms with van der Waals surface area (Å²) in [6.45, 7) is 3.25. The van der Waals surface area contributed by atoms with E-state index in [4.69, 9.17) is 4.74 Å². The molecule has 1 aliphatic rings. The average Bonchev–Trinajstić information content (AvgIpc) is 1.88. The molecular formula is C8H15BrO. The molecule has 1 rings (SSSR count). The predicted molar refractivity (Wildman–Crippen MR) is 46.5 cm³/mol. The summed E-state index contributed by atoms with van der Waals surface area (Å²) in [7, 11) is 0. The molecule has 0 aromatic rings. The molecule has 0 radical (unpaired) electrons. The number of halogens is 1. The first-order valence-corrected chi connectivity index (χ1v) is 5.18. The summed E-state index contributed by atoms with van der Waals surface area (Å²) in [6.07, 6.45) is 4.36. The Kier molecular flexibility index (Phi) is 3.71. The lowest BCUT2D eigenvalue weighted by atomic mass is 9.92. The molecule has 1 saturated heterocycles. The molecule has 1 fully saturated rings. The van der Waals surface area contributed by atoms with Crippen LogP contribution in [-0.2, 0) is 4.74 Å². The van der Waals surface area contributed by atoms with E-state index >= 15 is 0 Å². The molecule has 0 spiro atoms. The zero-order valence-electron chi connectivity index (χ0n) is 6.48. The van der Waals surface area contributed by atoms with Gasteiger partial charge in [-0.25, -0.2) is 0 Å². The maximum absolute atomic E-state index is 5.42. The lowest BCUT2D eigenvalue weighted by Crippen LogP contribution is -2.39. The fraction of sp³-hybridized carbons (Fsp3) is 1.00. The van der Waals surface area contributed by atoms with Crippen molar-refractivity contribution in [2.45, 2.75) is 32.3 Å². The molecule has 0 aromatic heterocycles. The number of ether oxygens (including phenoxy) is 1. The van der Waals surface area contributed by atoms with Crippen molar-refractivity contribution in [3.8, 4) is 0 Å². The quantitative estimate of drug-likeness (QED) is 0.644. The van der Waals surface area contributed by atoms with Crippen LogP contribution in [0.5, 0.6) is 0 Å². The Labute approximate surface area is 71.3 Å². The SMILES string of the molecule is CCC1COC1CCCBr. The standard InChI is InChI=1S/C8H15BrO/c1-2-7-6-10-8(7)4-3-5-9/h7-8H,2-6H2,1H3. The van der Waals surface area contributed by atoms with E-state index in [9.17, 15) is 0 Å². The third kappa shape index (κ3) is 1.96. The molecule has 1 aliphatic heterocycles. The minimum absolute atomic E-state index is 0.586. The lowest BCUT2D eigenvalue weighted by Gasteiger charge is -2.36. The second-order valence-electron chi connectivity index (χ2n) is 2.87. The number of rotatable bonds is 4. The van der Waals surface area contributed by atoms with Gasteiger partial charge in [0.25, 0.3) is 0 Å². The van der Waals surface area contributed by atoms with Gasteiger partial charge in [-0.15, -0.1) is 0 Å². The molecule has 0 aliphatic carbocycles. The number of hydrogen-bond acceptors (Lipinski definition) is 1. The molecule has 0 N–H and O–H groups in total. The predicted octanol–water partition coefficient (Wildman–Crippen LogP) is 2.59. The monoisotopic (exact) mass is 206 g/mol. The van der Waals surface area contributed by atoms with Crippen molar-refractivity contribution < 1.29 is 4.74 Å². The highest BCUT2D eigenvalue weighted by Gasteiger charge is 2.29. The van der Waals surface area contributed by atoms with E-state index in [0.717, 1.165) is 17.9 Å². The second kappa shape index (κ2) is 4.35. The van der Waals surface area contributed by atoms with Crippen LogP contribution in [0.15, 0.2) is 0 Å². The summed E-state index contributed by atoms with van der Waals surface area (Å²) in [5.74, 6) is 0.860. The van der Waals surface area contributed by atoms with Gasteiger partial charge < -0.3 is 4.74 Å². The Balaban J connectivity index is 2.05. The van der Waals surface area contributed by atoms with Crippen LogP contribution in [0, 0.1) is 5.92 Å². The van der Waals surface area contributed by atoms with Gasteiger partial charge >= 0.3 is 0 Å². The second-order valence-corrected chi connectivity index (χ2v) is 3.66. The van der Waals surface area contributed by atoms with E-state index in [0.29, 0.717) is 6.10 Å². The fourth-order valence-corrected chi connectivity index (χ4v) is 1.67. The van der Waals surface area contributed by atoms with Gasteiger partial charge in [-0.1, -0.05) is 22.9 Å². The highest BCUT2D eigenvalue weighted by atomic mass is 79.9. The molecule has 2 unspecified atom stereocenters.